The van der Waals surface area contributed by atoms with Gasteiger partial charge in [0, 0.05) is 31.6 Å². The van der Waals surface area contributed by atoms with Crippen molar-refractivity contribution in [3.63, 3.8) is 0 Å². The monoisotopic (exact) mass is 298 g/mol. The van der Waals surface area contributed by atoms with Crippen molar-refractivity contribution in [2.45, 2.75) is 26.2 Å². The van der Waals surface area contributed by atoms with Gasteiger partial charge in [-0.3, -0.25) is 0 Å². The van der Waals surface area contributed by atoms with Crippen LogP contribution >= 0.6 is 0 Å². The van der Waals surface area contributed by atoms with E-state index < -0.39 is 9.84 Å². The normalized spacial score (nSPS) is 18.9. The molecule has 112 valence electrons. The molecule has 1 aromatic rings. The molecule has 0 amide bonds. The van der Waals surface area contributed by atoms with Gasteiger partial charge in [0.15, 0.2) is 9.84 Å². The van der Waals surface area contributed by atoms with E-state index in [1.54, 1.807) is 0 Å². The summed E-state index contributed by atoms with van der Waals surface area (Å²) in [5, 5.41) is 3.04. The van der Waals surface area contributed by atoms with Gasteiger partial charge in [0.25, 0.3) is 0 Å². The Kier molecular flexibility index (Phi) is 3.90. The highest BCUT2D eigenvalue weighted by Crippen LogP contribution is 2.24. The van der Waals surface area contributed by atoms with Gasteiger partial charge in [-0.15, -0.1) is 0 Å². The van der Waals surface area contributed by atoms with Crippen molar-refractivity contribution in [1.29, 1.82) is 0 Å². The molecular weight excluding hydrogens is 276 g/mol. The number of aromatic nitrogens is 2. The summed E-state index contributed by atoms with van der Waals surface area (Å²) in [6, 6.07) is 1.87. The van der Waals surface area contributed by atoms with Gasteiger partial charge >= 0.3 is 0 Å². The van der Waals surface area contributed by atoms with Crippen LogP contribution in [0.1, 0.15) is 26.6 Å². The standard InChI is InChI=1S/C13H22N4O2S/c1-13(2,3)12-15-10(14-4)9-11(16-12)17-5-7-20(18,19)8-6-17/h9H,5-8H2,1-4H3,(H,14,15,16). The lowest BCUT2D eigenvalue weighted by atomic mass is 9.96. The average molecular weight is 298 g/mol. The SMILES string of the molecule is CNc1cc(N2CCS(=O)(=O)CC2)nc(C(C)(C)C)n1. The van der Waals surface area contributed by atoms with Gasteiger partial charge in [0.2, 0.25) is 0 Å². The Bertz CT molecular complexity index is 579. The molecule has 1 N–H and O–H groups in total. The van der Waals surface area contributed by atoms with E-state index in [1.807, 2.05) is 18.0 Å². The van der Waals surface area contributed by atoms with E-state index in [0.29, 0.717) is 13.1 Å². The molecule has 0 aliphatic carbocycles. The van der Waals surface area contributed by atoms with Crippen molar-refractivity contribution in [2.75, 3.05) is 41.9 Å². The molecule has 7 heteroatoms. The lowest BCUT2D eigenvalue weighted by Crippen LogP contribution is -2.41. The number of nitrogens with one attached hydrogen (secondary N) is 1. The average Bonchev–Trinajstić information content (AvgIpc) is 2.37. The van der Waals surface area contributed by atoms with Crippen LogP contribution < -0.4 is 10.2 Å². The van der Waals surface area contributed by atoms with Crippen molar-refractivity contribution in [1.82, 2.24) is 9.97 Å². The Labute approximate surface area is 120 Å². The number of nitrogens with zero attached hydrogens (tertiary/aromatic N) is 3. The first kappa shape index (κ1) is 15.0. The van der Waals surface area contributed by atoms with Crippen LogP contribution in [0.3, 0.4) is 0 Å². The molecule has 0 unspecified atom stereocenters. The van der Waals surface area contributed by atoms with E-state index in [-0.39, 0.29) is 16.9 Å². The first-order chi connectivity index (χ1) is 9.21. The molecule has 2 heterocycles. The number of rotatable bonds is 2. The summed E-state index contributed by atoms with van der Waals surface area (Å²) in [6.07, 6.45) is 0. The Morgan fingerprint density at radius 1 is 1.20 bits per heavy atom. The minimum absolute atomic E-state index is 0.149. The highest BCUT2D eigenvalue weighted by Gasteiger charge is 2.25. The van der Waals surface area contributed by atoms with Crippen molar-refractivity contribution in [3.8, 4) is 0 Å². The van der Waals surface area contributed by atoms with Gasteiger partial charge < -0.3 is 10.2 Å². The summed E-state index contributed by atoms with van der Waals surface area (Å²) >= 11 is 0. The van der Waals surface area contributed by atoms with Gasteiger partial charge in [-0.2, -0.15) is 0 Å². The summed E-state index contributed by atoms with van der Waals surface area (Å²) in [4.78, 5) is 11.1. The fourth-order valence-corrected chi connectivity index (χ4v) is 3.20. The first-order valence-corrected chi connectivity index (χ1v) is 8.56. The second-order valence-electron chi connectivity index (χ2n) is 6.07. The predicted molar refractivity (Wildman–Crippen MR) is 81.1 cm³/mol. The molecule has 0 spiro atoms. The third-order valence-corrected chi connectivity index (χ3v) is 4.92. The van der Waals surface area contributed by atoms with Crippen molar-refractivity contribution >= 4 is 21.5 Å². The van der Waals surface area contributed by atoms with Crippen LogP contribution in [0.4, 0.5) is 11.6 Å². The maximum Gasteiger partial charge on any atom is 0.153 e. The van der Waals surface area contributed by atoms with E-state index in [1.165, 1.54) is 0 Å². The lowest BCUT2D eigenvalue weighted by molar-refractivity contribution is 0.544. The lowest BCUT2D eigenvalue weighted by Gasteiger charge is -2.29. The Balaban J connectivity index is 2.32. The smallest absolute Gasteiger partial charge is 0.153 e. The second-order valence-corrected chi connectivity index (χ2v) is 8.38. The van der Waals surface area contributed by atoms with Crippen molar-refractivity contribution in [3.05, 3.63) is 11.9 Å². The van der Waals surface area contributed by atoms with Crippen molar-refractivity contribution < 1.29 is 8.42 Å². The fourth-order valence-electron chi connectivity index (χ4n) is 2.00. The van der Waals surface area contributed by atoms with E-state index in [9.17, 15) is 8.42 Å². The van der Waals surface area contributed by atoms with Crippen LogP contribution in [-0.2, 0) is 15.3 Å². The maximum absolute atomic E-state index is 11.5. The van der Waals surface area contributed by atoms with Gasteiger partial charge in [-0.05, 0) is 0 Å². The zero-order chi connectivity index (χ0) is 15.0. The van der Waals surface area contributed by atoms with Gasteiger partial charge in [0.05, 0.1) is 11.5 Å². The highest BCUT2D eigenvalue weighted by molar-refractivity contribution is 7.91. The number of anilines is 2. The summed E-state index contributed by atoms with van der Waals surface area (Å²) in [5.74, 6) is 2.69. The van der Waals surface area contributed by atoms with E-state index >= 15 is 0 Å². The topological polar surface area (TPSA) is 75.2 Å². The number of hydrogen-bond donors (Lipinski definition) is 1. The van der Waals surface area contributed by atoms with E-state index in [4.69, 9.17) is 0 Å². The molecule has 2 rings (SSSR count). The van der Waals surface area contributed by atoms with E-state index in [2.05, 4.69) is 36.1 Å². The molecule has 1 fully saturated rings. The van der Waals surface area contributed by atoms with Crippen LogP contribution in [0.15, 0.2) is 6.07 Å². The third-order valence-electron chi connectivity index (χ3n) is 3.31. The predicted octanol–water partition coefficient (Wildman–Crippen LogP) is 1.05. The van der Waals surface area contributed by atoms with Crippen LogP contribution in [-0.4, -0.2) is 50.0 Å². The summed E-state index contributed by atoms with van der Waals surface area (Å²) < 4.78 is 23.0. The summed E-state index contributed by atoms with van der Waals surface area (Å²) in [5.41, 5.74) is -0.149. The first-order valence-electron chi connectivity index (χ1n) is 6.74. The zero-order valence-electron chi connectivity index (χ0n) is 12.5. The molecule has 1 saturated heterocycles. The molecule has 1 aliphatic rings. The van der Waals surface area contributed by atoms with Crippen LogP contribution in [0.25, 0.3) is 0 Å². The molecule has 0 radical (unpaired) electrons. The van der Waals surface area contributed by atoms with Gasteiger partial charge in [-0.1, -0.05) is 20.8 Å². The zero-order valence-corrected chi connectivity index (χ0v) is 13.3. The molecule has 0 saturated carbocycles. The number of hydrogen-bond acceptors (Lipinski definition) is 6. The molecule has 0 aromatic carbocycles. The highest BCUT2D eigenvalue weighted by atomic mass is 32.2. The summed E-state index contributed by atoms with van der Waals surface area (Å²) in [7, 11) is -1.06. The molecule has 6 nitrogen and oxygen atoms in total. The van der Waals surface area contributed by atoms with Crippen molar-refractivity contribution in [2.24, 2.45) is 0 Å². The van der Waals surface area contributed by atoms with Gasteiger partial charge in [-0.25, -0.2) is 18.4 Å². The quantitative estimate of drug-likeness (QED) is 0.879. The third kappa shape index (κ3) is 3.39. The Morgan fingerprint density at radius 2 is 1.80 bits per heavy atom. The minimum atomic E-state index is -2.88. The molecule has 20 heavy (non-hydrogen) atoms. The molecule has 1 aromatic heterocycles. The van der Waals surface area contributed by atoms with Crippen LogP contribution in [0.5, 0.6) is 0 Å². The number of sulfone groups is 1. The molecule has 0 atom stereocenters. The molecule has 1 aliphatic heterocycles. The Morgan fingerprint density at radius 3 is 2.30 bits per heavy atom. The minimum Gasteiger partial charge on any atom is -0.373 e. The Hall–Kier alpha value is -1.37. The van der Waals surface area contributed by atoms with Gasteiger partial charge in [0.1, 0.15) is 17.5 Å². The maximum atomic E-state index is 11.5. The van der Waals surface area contributed by atoms with Crippen LogP contribution in [0.2, 0.25) is 0 Å². The van der Waals surface area contributed by atoms with Crippen LogP contribution in [0, 0.1) is 0 Å². The fraction of sp³-hybridized carbons (Fsp3) is 0.692. The summed E-state index contributed by atoms with van der Waals surface area (Å²) in [6.45, 7) is 7.17. The largest absolute Gasteiger partial charge is 0.373 e. The molecular formula is C13H22N4O2S. The van der Waals surface area contributed by atoms with E-state index in [0.717, 1.165) is 17.5 Å². The second kappa shape index (κ2) is 5.20. The molecule has 0 bridgehead atoms.